The number of rotatable bonds is 8. The van der Waals surface area contributed by atoms with Crippen LogP contribution in [0.4, 0.5) is 0 Å². The molecule has 1 N–H and O–H groups in total. The zero-order chi connectivity index (χ0) is 17.5. The molecule has 0 saturated carbocycles. The Morgan fingerprint density at radius 2 is 2.12 bits per heavy atom. The normalized spacial score (nSPS) is 11.0. The van der Waals surface area contributed by atoms with Crippen LogP contribution < -0.4 is 5.32 Å². The molecule has 0 saturated heterocycles. The maximum atomic E-state index is 12.1. The SMILES string of the molecule is Cn1ccnc1CN(CCNC(=O)c1cccs1)Cc1ccccn1. The van der Waals surface area contributed by atoms with Gasteiger partial charge in [0, 0.05) is 45.3 Å². The molecule has 0 aromatic carbocycles. The Labute approximate surface area is 151 Å². The van der Waals surface area contributed by atoms with Crippen LogP contribution in [0.3, 0.4) is 0 Å². The number of carbonyl (C=O) groups excluding carboxylic acids is 1. The van der Waals surface area contributed by atoms with Gasteiger partial charge >= 0.3 is 0 Å². The van der Waals surface area contributed by atoms with Crippen molar-refractivity contribution in [2.75, 3.05) is 13.1 Å². The van der Waals surface area contributed by atoms with E-state index in [2.05, 4.69) is 20.2 Å². The molecule has 3 aromatic heterocycles. The van der Waals surface area contributed by atoms with E-state index < -0.39 is 0 Å². The summed E-state index contributed by atoms with van der Waals surface area (Å²) in [7, 11) is 1.99. The van der Waals surface area contributed by atoms with Crippen LogP contribution in [0.25, 0.3) is 0 Å². The largest absolute Gasteiger partial charge is 0.350 e. The van der Waals surface area contributed by atoms with Gasteiger partial charge in [0.15, 0.2) is 0 Å². The molecular formula is C18H21N5OS. The van der Waals surface area contributed by atoms with E-state index in [-0.39, 0.29) is 5.91 Å². The Hall–Kier alpha value is -2.51. The van der Waals surface area contributed by atoms with Crippen molar-refractivity contribution in [2.45, 2.75) is 13.1 Å². The number of thiophene rings is 1. The first-order chi connectivity index (χ1) is 12.2. The molecule has 3 rings (SSSR count). The fraction of sp³-hybridized carbons (Fsp3) is 0.278. The van der Waals surface area contributed by atoms with Crippen molar-refractivity contribution >= 4 is 17.2 Å². The van der Waals surface area contributed by atoms with Crippen molar-refractivity contribution in [1.29, 1.82) is 0 Å². The summed E-state index contributed by atoms with van der Waals surface area (Å²) in [6.45, 7) is 2.71. The zero-order valence-electron chi connectivity index (χ0n) is 14.1. The number of imidazole rings is 1. The topological polar surface area (TPSA) is 63.1 Å². The van der Waals surface area contributed by atoms with Crippen molar-refractivity contribution < 1.29 is 4.79 Å². The first-order valence-corrected chi connectivity index (χ1v) is 9.00. The third kappa shape index (κ3) is 4.98. The molecule has 0 unspecified atom stereocenters. The van der Waals surface area contributed by atoms with Gasteiger partial charge in [-0.05, 0) is 23.6 Å². The van der Waals surface area contributed by atoms with E-state index in [9.17, 15) is 4.79 Å². The Bertz CT molecular complexity index is 785. The fourth-order valence-corrected chi connectivity index (χ4v) is 3.15. The molecule has 0 spiro atoms. The number of nitrogens with zero attached hydrogens (tertiary/aromatic N) is 4. The third-order valence-electron chi connectivity index (χ3n) is 3.86. The van der Waals surface area contributed by atoms with Gasteiger partial charge in [-0.15, -0.1) is 11.3 Å². The minimum atomic E-state index is -0.0234. The standard InChI is InChI=1S/C18H21N5OS/c1-22-10-8-20-17(22)14-23(13-15-5-2-3-7-19-15)11-9-21-18(24)16-6-4-12-25-16/h2-8,10,12H,9,11,13-14H2,1H3,(H,21,24). The highest BCUT2D eigenvalue weighted by molar-refractivity contribution is 7.12. The molecule has 0 aliphatic rings. The van der Waals surface area contributed by atoms with E-state index in [0.29, 0.717) is 19.6 Å². The summed E-state index contributed by atoms with van der Waals surface area (Å²) in [5, 5.41) is 4.88. The van der Waals surface area contributed by atoms with Gasteiger partial charge in [0.2, 0.25) is 0 Å². The molecule has 7 heteroatoms. The Kier molecular flexibility index (Phi) is 5.92. The molecular weight excluding hydrogens is 334 g/mol. The maximum Gasteiger partial charge on any atom is 0.261 e. The summed E-state index contributed by atoms with van der Waals surface area (Å²) < 4.78 is 2.01. The first kappa shape index (κ1) is 17.3. The molecule has 0 radical (unpaired) electrons. The quantitative estimate of drug-likeness (QED) is 0.673. The molecule has 0 aliphatic carbocycles. The molecule has 0 aliphatic heterocycles. The highest BCUT2D eigenvalue weighted by Crippen LogP contribution is 2.09. The van der Waals surface area contributed by atoms with Crippen molar-refractivity contribution in [3.63, 3.8) is 0 Å². The number of pyridine rings is 1. The van der Waals surface area contributed by atoms with E-state index >= 15 is 0 Å². The van der Waals surface area contributed by atoms with Gasteiger partial charge in [0.25, 0.3) is 5.91 Å². The number of hydrogen-bond donors (Lipinski definition) is 1. The van der Waals surface area contributed by atoms with Crippen LogP contribution in [0.2, 0.25) is 0 Å². The molecule has 3 heterocycles. The average molecular weight is 355 g/mol. The molecule has 0 atom stereocenters. The second-order valence-electron chi connectivity index (χ2n) is 5.72. The second-order valence-corrected chi connectivity index (χ2v) is 6.67. The fourth-order valence-electron chi connectivity index (χ4n) is 2.51. The van der Waals surface area contributed by atoms with E-state index in [4.69, 9.17) is 0 Å². The van der Waals surface area contributed by atoms with Crippen LogP contribution in [-0.2, 0) is 20.1 Å². The smallest absolute Gasteiger partial charge is 0.261 e. The maximum absolute atomic E-state index is 12.1. The highest BCUT2D eigenvalue weighted by atomic mass is 32.1. The minimum Gasteiger partial charge on any atom is -0.350 e. The van der Waals surface area contributed by atoms with Crippen LogP contribution in [0.1, 0.15) is 21.2 Å². The molecule has 6 nitrogen and oxygen atoms in total. The number of hydrogen-bond acceptors (Lipinski definition) is 5. The van der Waals surface area contributed by atoms with Crippen molar-refractivity contribution in [3.05, 3.63) is 70.7 Å². The predicted molar refractivity (Wildman–Crippen MR) is 98.2 cm³/mol. The van der Waals surface area contributed by atoms with Gasteiger partial charge in [0.1, 0.15) is 5.82 Å². The lowest BCUT2D eigenvalue weighted by Gasteiger charge is -2.21. The minimum absolute atomic E-state index is 0.0234. The van der Waals surface area contributed by atoms with Crippen LogP contribution in [0.15, 0.2) is 54.3 Å². The molecule has 25 heavy (non-hydrogen) atoms. The van der Waals surface area contributed by atoms with E-state index in [1.807, 2.05) is 53.5 Å². The van der Waals surface area contributed by atoms with Crippen LogP contribution in [0.5, 0.6) is 0 Å². The summed E-state index contributed by atoms with van der Waals surface area (Å²) in [4.78, 5) is 23.8. The predicted octanol–water partition coefficient (Wildman–Crippen LogP) is 2.31. The number of aromatic nitrogens is 3. The van der Waals surface area contributed by atoms with E-state index in [1.54, 1.807) is 12.4 Å². The summed E-state index contributed by atoms with van der Waals surface area (Å²) in [6, 6.07) is 9.62. The van der Waals surface area contributed by atoms with E-state index in [1.165, 1.54) is 11.3 Å². The van der Waals surface area contributed by atoms with Crippen molar-refractivity contribution in [3.8, 4) is 0 Å². The van der Waals surface area contributed by atoms with Crippen LogP contribution in [0, 0.1) is 0 Å². The average Bonchev–Trinajstić information content (AvgIpc) is 3.28. The Morgan fingerprint density at radius 1 is 1.20 bits per heavy atom. The van der Waals surface area contributed by atoms with Gasteiger partial charge in [-0.25, -0.2) is 4.98 Å². The first-order valence-electron chi connectivity index (χ1n) is 8.12. The summed E-state index contributed by atoms with van der Waals surface area (Å²) in [5.74, 6) is 0.963. The lowest BCUT2D eigenvalue weighted by molar-refractivity contribution is 0.0951. The lowest BCUT2D eigenvalue weighted by atomic mass is 10.3. The lowest BCUT2D eigenvalue weighted by Crippen LogP contribution is -2.34. The van der Waals surface area contributed by atoms with Gasteiger partial charge in [0.05, 0.1) is 17.1 Å². The van der Waals surface area contributed by atoms with Gasteiger partial charge < -0.3 is 9.88 Å². The molecule has 3 aromatic rings. The molecule has 0 bridgehead atoms. The monoisotopic (exact) mass is 355 g/mol. The van der Waals surface area contributed by atoms with Gasteiger partial charge in [-0.3, -0.25) is 14.7 Å². The van der Waals surface area contributed by atoms with E-state index in [0.717, 1.165) is 22.9 Å². The number of amides is 1. The van der Waals surface area contributed by atoms with Crippen molar-refractivity contribution in [2.24, 2.45) is 7.05 Å². The Morgan fingerprint density at radius 3 is 2.80 bits per heavy atom. The highest BCUT2D eigenvalue weighted by Gasteiger charge is 2.12. The summed E-state index contributed by atoms with van der Waals surface area (Å²) in [5.41, 5.74) is 1.00. The Balaban J connectivity index is 1.59. The van der Waals surface area contributed by atoms with Crippen LogP contribution in [-0.4, -0.2) is 38.4 Å². The zero-order valence-corrected chi connectivity index (χ0v) is 14.9. The number of carbonyl (C=O) groups is 1. The molecule has 0 fully saturated rings. The van der Waals surface area contributed by atoms with Gasteiger partial charge in [-0.1, -0.05) is 12.1 Å². The number of aryl methyl sites for hydroxylation is 1. The second kappa shape index (κ2) is 8.55. The van der Waals surface area contributed by atoms with Crippen LogP contribution >= 0.6 is 11.3 Å². The molecule has 1 amide bonds. The summed E-state index contributed by atoms with van der Waals surface area (Å²) in [6.07, 6.45) is 5.53. The summed E-state index contributed by atoms with van der Waals surface area (Å²) >= 11 is 1.45. The molecule has 130 valence electrons. The van der Waals surface area contributed by atoms with Gasteiger partial charge in [-0.2, -0.15) is 0 Å². The third-order valence-corrected chi connectivity index (χ3v) is 4.72. The van der Waals surface area contributed by atoms with Crippen molar-refractivity contribution in [1.82, 2.24) is 24.8 Å². The number of nitrogens with one attached hydrogen (secondary N) is 1.